The van der Waals surface area contributed by atoms with Crippen molar-refractivity contribution in [1.29, 1.82) is 0 Å². The molecule has 0 saturated carbocycles. The second-order valence-corrected chi connectivity index (χ2v) is 6.90. The van der Waals surface area contributed by atoms with Gasteiger partial charge in [-0.25, -0.2) is 0 Å². The summed E-state index contributed by atoms with van der Waals surface area (Å²) in [5.74, 6) is 1.29. The van der Waals surface area contributed by atoms with Gasteiger partial charge in [0.2, 0.25) is 0 Å². The lowest BCUT2D eigenvalue weighted by Crippen LogP contribution is -2.43. The van der Waals surface area contributed by atoms with Crippen molar-refractivity contribution in [1.82, 2.24) is 10.2 Å². The fourth-order valence-electron chi connectivity index (χ4n) is 3.01. The summed E-state index contributed by atoms with van der Waals surface area (Å²) in [5.41, 5.74) is 1.43. The Morgan fingerprint density at radius 1 is 1.39 bits per heavy atom. The Bertz CT molecular complexity index is 395. The molecule has 1 spiro atoms. The molecule has 2 aliphatic rings. The highest BCUT2D eigenvalue weighted by atomic mass is 32.2. The quantitative estimate of drug-likeness (QED) is 0.901. The Kier molecular flexibility index (Phi) is 3.64. The molecular weight excluding hydrogens is 240 g/mol. The summed E-state index contributed by atoms with van der Waals surface area (Å²) in [7, 11) is 0. The van der Waals surface area contributed by atoms with E-state index < -0.39 is 0 Å². The van der Waals surface area contributed by atoms with Gasteiger partial charge in [-0.15, -0.1) is 11.8 Å². The predicted molar refractivity (Wildman–Crippen MR) is 78.7 cm³/mol. The van der Waals surface area contributed by atoms with Gasteiger partial charge in [-0.2, -0.15) is 0 Å². The number of nitrogens with one attached hydrogen (secondary N) is 1. The van der Waals surface area contributed by atoms with Crippen molar-refractivity contribution >= 4 is 11.8 Å². The van der Waals surface area contributed by atoms with E-state index in [4.69, 9.17) is 0 Å². The van der Waals surface area contributed by atoms with E-state index in [1.54, 1.807) is 0 Å². The van der Waals surface area contributed by atoms with E-state index in [0.717, 1.165) is 12.6 Å². The minimum absolute atomic E-state index is 0.357. The maximum atomic E-state index is 3.85. The van der Waals surface area contributed by atoms with E-state index in [1.807, 2.05) is 0 Å². The van der Waals surface area contributed by atoms with Crippen molar-refractivity contribution in [3.63, 3.8) is 0 Å². The maximum Gasteiger partial charge on any atom is 0.0788 e. The average molecular weight is 262 g/mol. The Balaban J connectivity index is 1.59. The Morgan fingerprint density at radius 3 is 2.94 bits per heavy atom. The molecule has 1 N–H and O–H groups in total. The van der Waals surface area contributed by atoms with Gasteiger partial charge in [-0.3, -0.25) is 10.2 Å². The molecule has 0 radical (unpaired) electrons. The van der Waals surface area contributed by atoms with Crippen molar-refractivity contribution < 1.29 is 0 Å². The van der Waals surface area contributed by atoms with Crippen LogP contribution in [0, 0.1) is 0 Å². The fraction of sp³-hybridized carbons (Fsp3) is 0.600. The summed E-state index contributed by atoms with van der Waals surface area (Å²) in [6.07, 6.45) is 2.55. The van der Waals surface area contributed by atoms with Crippen LogP contribution in [0.1, 0.15) is 25.3 Å². The third-order valence-electron chi connectivity index (χ3n) is 4.08. The number of hydrogen-bond acceptors (Lipinski definition) is 3. The molecule has 1 aromatic carbocycles. The Morgan fingerprint density at radius 2 is 2.22 bits per heavy atom. The molecule has 0 aliphatic carbocycles. The van der Waals surface area contributed by atoms with E-state index in [-0.39, 0.29) is 0 Å². The van der Waals surface area contributed by atoms with Gasteiger partial charge in [0.1, 0.15) is 0 Å². The number of benzene rings is 1. The summed E-state index contributed by atoms with van der Waals surface area (Å²) in [4.78, 5) is 2.95. The molecule has 18 heavy (non-hydrogen) atoms. The molecule has 98 valence electrons. The van der Waals surface area contributed by atoms with Crippen molar-refractivity contribution in [2.45, 2.75) is 37.2 Å². The van der Waals surface area contributed by atoms with Crippen molar-refractivity contribution in [2.24, 2.45) is 0 Å². The van der Waals surface area contributed by atoms with E-state index in [9.17, 15) is 0 Å². The van der Waals surface area contributed by atoms with Gasteiger partial charge in [-0.1, -0.05) is 37.3 Å². The summed E-state index contributed by atoms with van der Waals surface area (Å²) >= 11 is 2.15. The number of rotatable bonds is 3. The topological polar surface area (TPSA) is 15.3 Å². The number of nitrogens with zero attached hydrogens (tertiary/aromatic N) is 1. The van der Waals surface area contributed by atoms with E-state index in [0.29, 0.717) is 4.87 Å². The van der Waals surface area contributed by atoms with Crippen LogP contribution in [0.5, 0.6) is 0 Å². The van der Waals surface area contributed by atoms with Gasteiger partial charge in [0.25, 0.3) is 0 Å². The van der Waals surface area contributed by atoms with Crippen LogP contribution in [-0.4, -0.2) is 34.7 Å². The molecule has 2 fully saturated rings. The lowest BCUT2D eigenvalue weighted by molar-refractivity contribution is 0.311. The molecule has 2 unspecified atom stereocenters. The third kappa shape index (κ3) is 2.58. The van der Waals surface area contributed by atoms with Crippen LogP contribution < -0.4 is 5.32 Å². The lowest BCUT2D eigenvalue weighted by Gasteiger charge is -2.24. The van der Waals surface area contributed by atoms with Crippen molar-refractivity contribution in [3.8, 4) is 0 Å². The van der Waals surface area contributed by atoms with E-state index in [1.165, 1.54) is 37.2 Å². The van der Waals surface area contributed by atoms with Gasteiger partial charge >= 0.3 is 0 Å². The zero-order valence-electron chi connectivity index (χ0n) is 11.1. The van der Waals surface area contributed by atoms with Gasteiger partial charge in [-0.05, 0) is 18.4 Å². The average Bonchev–Trinajstić information content (AvgIpc) is 2.99. The first-order chi connectivity index (χ1) is 8.80. The standard InChI is InChI=1S/C15H22N2S/c1-2-14-11-18-15(16-14)8-9-17(12-15)10-13-6-4-3-5-7-13/h3-7,14,16H,2,8-12H2,1H3. The predicted octanol–water partition coefficient (Wildman–Crippen LogP) is 2.70. The second-order valence-electron chi connectivity index (χ2n) is 5.50. The summed E-state index contributed by atoms with van der Waals surface area (Å²) < 4.78 is 0. The molecule has 2 saturated heterocycles. The van der Waals surface area contributed by atoms with Gasteiger partial charge < -0.3 is 0 Å². The van der Waals surface area contributed by atoms with Crippen molar-refractivity contribution in [2.75, 3.05) is 18.8 Å². The second kappa shape index (κ2) is 5.24. The van der Waals surface area contributed by atoms with E-state index in [2.05, 4.69) is 59.2 Å². The molecule has 2 aliphatic heterocycles. The minimum atomic E-state index is 0.357. The normalized spacial score (nSPS) is 32.4. The van der Waals surface area contributed by atoms with Crippen molar-refractivity contribution in [3.05, 3.63) is 35.9 Å². The monoisotopic (exact) mass is 262 g/mol. The molecule has 0 amide bonds. The summed E-state index contributed by atoms with van der Waals surface area (Å²) in [6.45, 7) is 5.81. The smallest absolute Gasteiger partial charge is 0.0788 e. The maximum absolute atomic E-state index is 3.85. The van der Waals surface area contributed by atoms with Gasteiger partial charge in [0, 0.05) is 31.4 Å². The first-order valence-electron chi connectivity index (χ1n) is 6.98. The molecule has 3 rings (SSSR count). The first-order valence-corrected chi connectivity index (χ1v) is 7.96. The summed E-state index contributed by atoms with van der Waals surface area (Å²) in [5, 5.41) is 3.85. The van der Waals surface area contributed by atoms with Gasteiger partial charge in [0.05, 0.1) is 4.87 Å². The highest BCUT2D eigenvalue weighted by molar-refractivity contribution is 8.01. The molecule has 2 heterocycles. The summed E-state index contributed by atoms with van der Waals surface area (Å²) in [6, 6.07) is 11.6. The zero-order valence-corrected chi connectivity index (χ0v) is 11.9. The number of likely N-dealkylation sites (tertiary alicyclic amines) is 1. The van der Waals surface area contributed by atoms with Crippen LogP contribution in [0.25, 0.3) is 0 Å². The number of thioether (sulfide) groups is 1. The van der Waals surface area contributed by atoms with Crippen LogP contribution in [0.2, 0.25) is 0 Å². The SMILES string of the molecule is CCC1CSC2(CCN(Cc3ccccc3)C2)N1. The van der Waals surface area contributed by atoms with Gasteiger partial charge in [0.15, 0.2) is 0 Å². The van der Waals surface area contributed by atoms with Crippen LogP contribution >= 0.6 is 11.8 Å². The van der Waals surface area contributed by atoms with E-state index >= 15 is 0 Å². The van der Waals surface area contributed by atoms with Crippen LogP contribution in [0.3, 0.4) is 0 Å². The molecule has 2 nitrogen and oxygen atoms in total. The van der Waals surface area contributed by atoms with Crippen LogP contribution in [-0.2, 0) is 6.54 Å². The molecule has 3 heteroatoms. The lowest BCUT2D eigenvalue weighted by atomic mass is 10.2. The van der Waals surface area contributed by atoms with Crippen LogP contribution in [0.15, 0.2) is 30.3 Å². The zero-order chi connectivity index (χ0) is 12.4. The van der Waals surface area contributed by atoms with Crippen LogP contribution in [0.4, 0.5) is 0 Å². The Labute approximate surface area is 114 Å². The minimum Gasteiger partial charge on any atom is -0.298 e. The molecule has 2 atom stereocenters. The molecular formula is C15H22N2S. The number of hydrogen-bond donors (Lipinski definition) is 1. The molecule has 0 bridgehead atoms. The highest BCUT2D eigenvalue weighted by Crippen LogP contribution is 2.39. The fourth-order valence-corrected chi connectivity index (χ4v) is 4.60. The Hall–Kier alpha value is -0.510. The molecule has 0 aromatic heterocycles. The largest absolute Gasteiger partial charge is 0.298 e. The third-order valence-corrected chi connectivity index (χ3v) is 5.65. The molecule has 1 aromatic rings. The highest BCUT2D eigenvalue weighted by Gasteiger charge is 2.43. The first kappa shape index (κ1) is 12.5.